The molecule has 0 amide bonds. The molecule has 0 aromatic rings. The fourth-order valence-corrected chi connectivity index (χ4v) is 3.33. The number of hydrogen-bond donors (Lipinski definition) is 1. The number of nitrogens with one attached hydrogen (secondary N) is 1. The average molecular weight is 257 g/mol. The average Bonchev–Trinajstić information content (AvgIpc) is 2.49. The molecular weight excluding hydrogens is 226 g/mol. The maximum Gasteiger partial charge on any atom is 0.00671 e. The topological polar surface area (TPSA) is 12.0 Å². The van der Waals surface area contributed by atoms with E-state index >= 15 is 0 Å². The van der Waals surface area contributed by atoms with Gasteiger partial charge in [0.15, 0.2) is 0 Å². The van der Waals surface area contributed by atoms with E-state index in [0.717, 1.165) is 12.0 Å². The SMILES string of the molecule is CSCCCNC1CCCC(C(C)(C)C)CC1. The van der Waals surface area contributed by atoms with Crippen molar-refractivity contribution in [1.82, 2.24) is 5.32 Å². The van der Waals surface area contributed by atoms with Crippen LogP contribution in [0.5, 0.6) is 0 Å². The summed E-state index contributed by atoms with van der Waals surface area (Å²) in [4.78, 5) is 0. The minimum absolute atomic E-state index is 0.508. The molecule has 1 aliphatic carbocycles. The van der Waals surface area contributed by atoms with Crippen LogP contribution in [0.4, 0.5) is 0 Å². The summed E-state index contributed by atoms with van der Waals surface area (Å²) in [5.74, 6) is 2.23. The lowest BCUT2D eigenvalue weighted by atomic mass is 9.76. The van der Waals surface area contributed by atoms with Crippen LogP contribution in [0.1, 0.15) is 59.3 Å². The molecule has 1 rings (SSSR count). The molecule has 0 heterocycles. The second-order valence-corrected chi connectivity index (χ2v) is 7.55. The van der Waals surface area contributed by atoms with Gasteiger partial charge in [-0.25, -0.2) is 0 Å². The summed E-state index contributed by atoms with van der Waals surface area (Å²) in [6.07, 6.45) is 10.6. The van der Waals surface area contributed by atoms with Gasteiger partial charge in [0.25, 0.3) is 0 Å². The highest BCUT2D eigenvalue weighted by Gasteiger charge is 2.27. The van der Waals surface area contributed by atoms with E-state index in [0.29, 0.717) is 5.41 Å². The van der Waals surface area contributed by atoms with E-state index in [1.807, 2.05) is 11.8 Å². The zero-order valence-corrected chi connectivity index (χ0v) is 13.0. The lowest BCUT2D eigenvalue weighted by Crippen LogP contribution is -2.30. The predicted octanol–water partition coefficient (Wildman–Crippen LogP) is 4.32. The van der Waals surface area contributed by atoms with Crippen LogP contribution >= 0.6 is 11.8 Å². The molecule has 2 heteroatoms. The van der Waals surface area contributed by atoms with Crippen molar-refractivity contribution in [1.29, 1.82) is 0 Å². The molecule has 2 atom stereocenters. The molecule has 102 valence electrons. The Bertz CT molecular complexity index is 198. The van der Waals surface area contributed by atoms with Crippen LogP contribution in [0.2, 0.25) is 0 Å². The van der Waals surface area contributed by atoms with Gasteiger partial charge in [0, 0.05) is 6.04 Å². The quantitative estimate of drug-likeness (QED) is 0.581. The van der Waals surface area contributed by atoms with Crippen LogP contribution in [0, 0.1) is 11.3 Å². The Morgan fingerprint density at radius 2 is 1.88 bits per heavy atom. The molecule has 0 aliphatic heterocycles. The summed E-state index contributed by atoms with van der Waals surface area (Å²) in [6.45, 7) is 8.43. The third-order valence-corrected chi connectivity index (χ3v) is 4.85. The van der Waals surface area contributed by atoms with Gasteiger partial charge in [-0.05, 0) is 62.0 Å². The normalized spacial score (nSPS) is 26.8. The maximum atomic E-state index is 3.76. The van der Waals surface area contributed by atoms with E-state index in [2.05, 4.69) is 32.3 Å². The predicted molar refractivity (Wildman–Crippen MR) is 80.8 cm³/mol. The fraction of sp³-hybridized carbons (Fsp3) is 1.00. The summed E-state index contributed by atoms with van der Waals surface area (Å²) in [5.41, 5.74) is 0.508. The Morgan fingerprint density at radius 1 is 1.12 bits per heavy atom. The smallest absolute Gasteiger partial charge is 0.00671 e. The van der Waals surface area contributed by atoms with Crippen LogP contribution in [-0.2, 0) is 0 Å². The molecule has 17 heavy (non-hydrogen) atoms. The van der Waals surface area contributed by atoms with Gasteiger partial charge in [-0.15, -0.1) is 0 Å². The van der Waals surface area contributed by atoms with Gasteiger partial charge < -0.3 is 5.32 Å². The Balaban J connectivity index is 2.23. The third kappa shape index (κ3) is 6.15. The van der Waals surface area contributed by atoms with Gasteiger partial charge >= 0.3 is 0 Å². The van der Waals surface area contributed by atoms with Crippen molar-refractivity contribution in [2.75, 3.05) is 18.6 Å². The van der Waals surface area contributed by atoms with E-state index in [1.165, 1.54) is 50.8 Å². The molecule has 2 unspecified atom stereocenters. The summed E-state index contributed by atoms with van der Waals surface area (Å²) in [7, 11) is 0. The van der Waals surface area contributed by atoms with Crippen molar-refractivity contribution in [3.8, 4) is 0 Å². The maximum absolute atomic E-state index is 3.76. The molecule has 1 N–H and O–H groups in total. The van der Waals surface area contributed by atoms with Gasteiger partial charge in [-0.2, -0.15) is 11.8 Å². The number of thioether (sulfide) groups is 1. The van der Waals surface area contributed by atoms with Gasteiger partial charge in [-0.3, -0.25) is 0 Å². The number of hydrogen-bond acceptors (Lipinski definition) is 2. The van der Waals surface area contributed by atoms with Crippen molar-refractivity contribution < 1.29 is 0 Å². The highest BCUT2D eigenvalue weighted by atomic mass is 32.2. The second kappa shape index (κ2) is 7.68. The van der Waals surface area contributed by atoms with Crippen molar-refractivity contribution in [3.05, 3.63) is 0 Å². The van der Waals surface area contributed by atoms with Gasteiger partial charge in [0.2, 0.25) is 0 Å². The molecule has 0 radical (unpaired) electrons. The monoisotopic (exact) mass is 257 g/mol. The van der Waals surface area contributed by atoms with Crippen LogP contribution in [-0.4, -0.2) is 24.6 Å². The lowest BCUT2D eigenvalue weighted by molar-refractivity contribution is 0.213. The first-order chi connectivity index (χ1) is 8.04. The Labute approximate surface area is 113 Å². The molecular formula is C15H31NS. The molecule has 0 aromatic heterocycles. The summed E-state index contributed by atoms with van der Waals surface area (Å²) >= 11 is 1.96. The zero-order chi connectivity index (χ0) is 12.7. The summed E-state index contributed by atoms with van der Waals surface area (Å²) in [5, 5.41) is 3.76. The Hall–Kier alpha value is 0.310. The molecule has 0 aromatic carbocycles. The van der Waals surface area contributed by atoms with Gasteiger partial charge in [0.05, 0.1) is 0 Å². The highest BCUT2D eigenvalue weighted by Crippen LogP contribution is 2.36. The molecule has 1 saturated carbocycles. The first kappa shape index (κ1) is 15.4. The molecule has 1 aliphatic rings. The van der Waals surface area contributed by atoms with E-state index < -0.39 is 0 Å². The molecule has 1 fully saturated rings. The van der Waals surface area contributed by atoms with Crippen LogP contribution in [0.3, 0.4) is 0 Å². The number of rotatable bonds is 5. The van der Waals surface area contributed by atoms with E-state index in [1.54, 1.807) is 0 Å². The summed E-state index contributed by atoms with van der Waals surface area (Å²) in [6, 6.07) is 0.796. The Morgan fingerprint density at radius 3 is 2.53 bits per heavy atom. The zero-order valence-electron chi connectivity index (χ0n) is 12.2. The van der Waals surface area contributed by atoms with E-state index in [-0.39, 0.29) is 0 Å². The van der Waals surface area contributed by atoms with E-state index in [9.17, 15) is 0 Å². The van der Waals surface area contributed by atoms with Crippen LogP contribution < -0.4 is 5.32 Å². The largest absolute Gasteiger partial charge is 0.314 e. The third-order valence-electron chi connectivity index (χ3n) is 4.15. The van der Waals surface area contributed by atoms with Crippen molar-refractivity contribution in [2.45, 2.75) is 65.3 Å². The molecule has 0 spiro atoms. The molecule has 0 bridgehead atoms. The minimum Gasteiger partial charge on any atom is -0.314 e. The van der Waals surface area contributed by atoms with Crippen molar-refractivity contribution in [2.24, 2.45) is 11.3 Å². The highest BCUT2D eigenvalue weighted by molar-refractivity contribution is 7.98. The molecule has 1 nitrogen and oxygen atoms in total. The van der Waals surface area contributed by atoms with Crippen molar-refractivity contribution >= 4 is 11.8 Å². The standard InChI is InChI=1S/C15H31NS/c1-15(2,3)13-7-5-8-14(10-9-13)16-11-6-12-17-4/h13-14,16H,5-12H2,1-4H3. The van der Waals surface area contributed by atoms with Gasteiger partial charge in [0.1, 0.15) is 0 Å². The Kier molecular flexibility index (Phi) is 6.94. The molecule has 0 saturated heterocycles. The first-order valence-electron chi connectivity index (χ1n) is 7.26. The van der Waals surface area contributed by atoms with Crippen LogP contribution in [0.15, 0.2) is 0 Å². The lowest BCUT2D eigenvalue weighted by Gasteiger charge is -2.29. The fourth-order valence-electron chi connectivity index (χ4n) is 2.89. The summed E-state index contributed by atoms with van der Waals surface area (Å²) < 4.78 is 0. The van der Waals surface area contributed by atoms with Crippen molar-refractivity contribution in [3.63, 3.8) is 0 Å². The minimum atomic E-state index is 0.508. The second-order valence-electron chi connectivity index (χ2n) is 6.57. The van der Waals surface area contributed by atoms with Crippen LogP contribution in [0.25, 0.3) is 0 Å². The van der Waals surface area contributed by atoms with Gasteiger partial charge in [-0.1, -0.05) is 27.2 Å². The van der Waals surface area contributed by atoms with E-state index in [4.69, 9.17) is 0 Å². The first-order valence-corrected chi connectivity index (χ1v) is 8.65.